The zero-order valence-corrected chi connectivity index (χ0v) is 11.8. The molecule has 1 aliphatic carbocycles. The largest absolute Gasteiger partial charge is 0.478 e. The molecule has 0 aliphatic heterocycles. The van der Waals surface area contributed by atoms with E-state index in [-0.39, 0.29) is 17.6 Å². The summed E-state index contributed by atoms with van der Waals surface area (Å²) in [6, 6.07) is 3.18. The number of hydrogen-bond donors (Lipinski definition) is 3. The number of anilines is 1. The molecule has 2 atom stereocenters. The zero-order chi connectivity index (χ0) is 14.5. The molecule has 20 heavy (non-hydrogen) atoms. The number of rotatable bonds is 6. The third-order valence-corrected chi connectivity index (χ3v) is 3.80. The molecule has 0 bridgehead atoms. The quantitative estimate of drug-likeness (QED) is 0.743. The van der Waals surface area contributed by atoms with Crippen molar-refractivity contribution in [3.63, 3.8) is 0 Å². The Bertz CT molecular complexity index is 476. The predicted molar refractivity (Wildman–Crippen MR) is 77.0 cm³/mol. The van der Waals surface area contributed by atoms with Crippen LogP contribution in [0.15, 0.2) is 12.1 Å². The van der Waals surface area contributed by atoms with Gasteiger partial charge < -0.3 is 15.5 Å². The lowest BCUT2D eigenvalue weighted by molar-refractivity contribution is 0.0696. The number of carboxylic acid groups (broad SMARTS) is 1. The summed E-state index contributed by atoms with van der Waals surface area (Å²) in [5.41, 5.74) is 1.06. The lowest BCUT2D eigenvalue weighted by Gasteiger charge is -2.16. The van der Waals surface area contributed by atoms with Gasteiger partial charge in [0.05, 0.1) is 11.7 Å². The number of hydrogen-bond acceptors (Lipinski definition) is 4. The average molecular weight is 278 g/mol. The zero-order valence-electron chi connectivity index (χ0n) is 11.8. The summed E-state index contributed by atoms with van der Waals surface area (Å²) >= 11 is 0. The van der Waals surface area contributed by atoms with Gasteiger partial charge in [-0.15, -0.1) is 0 Å². The maximum atomic E-state index is 11.1. The molecule has 110 valence electrons. The van der Waals surface area contributed by atoms with Crippen molar-refractivity contribution in [1.82, 2.24) is 4.98 Å². The minimum absolute atomic E-state index is 0.236. The molecule has 2 rings (SSSR count). The van der Waals surface area contributed by atoms with Gasteiger partial charge in [-0.3, -0.25) is 0 Å². The lowest BCUT2D eigenvalue weighted by atomic mass is 10.1. The minimum Gasteiger partial charge on any atom is -0.478 e. The number of aliphatic hydroxyl groups excluding tert-OH is 1. The third-order valence-electron chi connectivity index (χ3n) is 3.80. The van der Waals surface area contributed by atoms with Crippen LogP contribution in [0.25, 0.3) is 0 Å². The smallest absolute Gasteiger partial charge is 0.335 e. The fraction of sp³-hybridized carbons (Fsp3) is 0.600. The van der Waals surface area contributed by atoms with Crippen molar-refractivity contribution in [1.29, 1.82) is 0 Å². The van der Waals surface area contributed by atoms with Gasteiger partial charge in [-0.25, -0.2) is 9.78 Å². The number of carbonyl (C=O) groups is 1. The number of aromatic carboxylic acids is 1. The van der Waals surface area contributed by atoms with Gasteiger partial charge in [-0.05, 0) is 31.4 Å². The highest BCUT2D eigenvalue weighted by molar-refractivity contribution is 5.88. The van der Waals surface area contributed by atoms with Crippen LogP contribution >= 0.6 is 0 Å². The number of aliphatic hydroxyl groups is 1. The summed E-state index contributed by atoms with van der Waals surface area (Å²) < 4.78 is 0. The highest BCUT2D eigenvalue weighted by Crippen LogP contribution is 2.25. The number of aromatic nitrogens is 1. The SMILES string of the molecule is CCCc1cc(C(=O)O)cc(NCC2CCCC2O)n1. The molecule has 0 spiro atoms. The summed E-state index contributed by atoms with van der Waals surface area (Å²) in [5, 5.41) is 22.1. The monoisotopic (exact) mass is 278 g/mol. The van der Waals surface area contributed by atoms with Crippen molar-refractivity contribution >= 4 is 11.8 Å². The fourth-order valence-corrected chi connectivity index (χ4v) is 2.68. The van der Waals surface area contributed by atoms with E-state index in [4.69, 9.17) is 5.11 Å². The van der Waals surface area contributed by atoms with E-state index in [1.807, 2.05) is 6.92 Å². The van der Waals surface area contributed by atoms with Crippen molar-refractivity contribution in [2.24, 2.45) is 5.92 Å². The number of carboxylic acids is 1. The van der Waals surface area contributed by atoms with E-state index < -0.39 is 5.97 Å². The second kappa shape index (κ2) is 6.70. The van der Waals surface area contributed by atoms with E-state index >= 15 is 0 Å². The Morgan fingerprint density at radius 2 is 2.25 bits per heavy atom. The summed E-state index contributed by atoms with van der Waals surface area (Å²) in [5.74, 6) is -0.110. The summed E-state index contributed by atoms with van der Waals surface area (Å²) in [6.45, 7) is 2.68. The third kappa shape index (κ3) is 3.70. The molecule has 3 N–H and O–H groups in total. The van der Waals surface area contributed by atoms with Crippen molar-refractivity contribution in [3.05, 3.63) is 23.4 Å². The highest BCUT2D eigenvalue weighted by Gasteiger charge is 2.24. The Kier molecular flexibility index (Phi) is 4.95. The Labute approximate surface area is 119 Å². The minimum atomic E-state index is -0.936. The number of aryl methyl sites for hydroxylation is 1. The molecule has 5 heteroatoms. The van der Waals surface area contributed by atoms with Gasteiger partial charge in [0.15, 0.2) is 0 Å². The van der Waals surface area contributed by atoms with Crippen LogP contribution in [0.4, 0.5) is 5.82 Å². The van der Waals surface area contributed by atoms with Gasteiger partial charge >= 0.3 is 5.97 Å². The topological polar surface area (TPSA) is 82.5 Å². The second-order valence-corrected chi connectivity index (χ2v) is 5.43. The van der Waals surface area contributed by atoms with Crippen LogP contribution in [0.1, 0.15) is 48.7 Å². The predicted octanol–water partition coefficient (Wildman–Crippen LogP) is 2.31. The van der Waals surface area contributed by atoms with Gasteiger partial charge in [0.25, 0.3) is 0 Å². The summed E-state index contributed by atoms with van der Waals surface area (Å²) in [4.78, 5) is 15.6. The Hall–Kier alpha value is -1.62. The lowest BCUT2D eigenvalue weighted by Crippen LogP contribution is -2.22. The first-order valence-electron chi connectivity index (χ1n) is 7.26. The van der Waals surface area contributed by atoms with Crippen molar-refractivity contribution in [2.45, 2.75) is 45.1 Å². The van der Waals surface area contributed by atoms with Crippen LogP contribution in [0, 0.1) is 5.92 Å². The molecule has 1 aromatic rings. The molecule has 2 unspecified atom stereocenters. The maximum Gasteiger partial charge on any atom is 0.335 e. The van der Waals surface area contributed by atoms with Gasteiger partial charge in [0.2, 0.25) is 0 Å². The standard InChI is InChI=1S/C15H22N2O3/c1-2-4-12-7-11(15(19)20)8-14(17-12)16-9-10-5-3-6-13(10)18/h7-8,10,13,18H,2-6,9H2,1H3,(H,16,17)(H,19,20). The van der Waals surface area contributed by atoms with Crippen LogP contribution in [-0.4, -0.2) is 33.8 Å². The number of nitrogens with one attached hydrogen (secondary N) is 1. The first kappa shape index (κ1) is 14.8. The molecular formula is C15H22N2O3. The van der Waals surface area contributed by atoms with Crippen LogP contribution in [0.5, 0.6) is 0 Å². The number of nitrogens with zero attached hydrogens (tertiary/aromatic N) is 1. The van der Waals surface area contributed by atoms with E-state index in [2.05, 4.69) is 10.3 Å². The van der Waals surface area contributed by atoms with E-state index in [0.29, 0.717) is 12.4 Å². The molecule has 0 radical (unpaired) electrons. The number of pyridine rings is 1. The highest BCUT2D eigenvalue weighted by atomic mass is 16.4. The van der Waals surface area contributed by atoms with Crippen molar-refractivity contribution in [2.75, 3.05) is 11.9 Å². The maximum absolute atomic E-state index is 11.1. The van der Waals surface area contributed by atoms with Crippen LogP contribution in [-0.2, 0) is 6.42 Å². The van der Waals surface area contributed by atoms with Gasteiger partial charge in [-0.2, -0.15) is 0 Å². The van der Waals surface area contributed by atoms with Gasteiger partial charge in [0, 0.05) is 18.2 Å². The normalized spacial score (nSPS) is 21.9. The average Bonchev–Trinajstić information content (AvgIpc) is 2.82. The van der Waals surface area contributed by atoms with E-state index in [0.717, 1.165) is 37.8 Å². The van der Waals surface area contributed by atoms with E-state index in [1.54, 1.807) is 12.1 Å². The molecular weight excluding hydrogens is 256 g/mol. The fourth-order valence-electron chi connectivity index (χ4n) is 2.68. The molecule has 1 heterocycles. The molecule has 0 aromatic carbocycles. The van der Waals surface area contributed by atoms with Crippen molar-refractivity contribution in [3.8, 4) is 0 Å². The summed E-state index contributed by atoms with van der Waals surface area (Å²) in [6.07, 6.45) is 4.36. The second-order valence-electron chi connectivity index (χ2n) is 5.43. The van der Waals surface area contributed by atoms with E-state index in [9.17, 15) is 9.90 Å². The Morgan fingerprint density at radius 3 is 2.85 bits per heavy atom. The molecule has 0 amide bonds. The molecule has 1 fully saturated rings. The van der Waals surface area contributed by atoms with E-state index in [1.165, 1.54) is 0 Å². The van der Waals surface area contributed by atoms with Gasteiger partial charge in [0.1, 0.15) is 5.82 Å². The first-order valence-corrected chi connectivity index (χ1v) is 7.26. The first-order chi connectivity index (χ1) is 9.60. The summed E-state index contributed by atoms with van der Waals surface area (Å²) in [7, 11) is 0. The van der Waals surface area contributed by atoms with Crippen LogP contribution in [0.2, 0.25) is 0 Å². The molecule has 5 nitrogen and oxygen atoms in total. The molecule has 1 aromatic heterocycles. The van der Waals surface area contributed by atoms with Crippen molar-refractivity contribution < 1.29 is 15.0 Å². The van der Waals surface area contributed by atoms with Crippen LogP contribution in [0.3, 0.4) is 0 Å². The molecule has 1 aliphatic rings. The molecule has 1 saturated carbocycles. The molecule has 0 saturated heterocycles. The van der Waals surface area contributed by atoms with Crippen LogP contribution < -0.4 is 5.32 Å². The Balaban J connectivity index is 2.07. The van der Waals surface area contributed by atoms with Gasteiger partial charge in [-0.1, -0.05) is 19.8 Å². The Morgan fingerprint density at radius 1 is 1.45 bits per heavy atom.